The van der Waals surface area contributed by atoms with Crippen LogP contribution in [-0.4, -0.2) is 38.3 Å². The molecule has 0 saturated heterocycles. The van der Waals surface area contributed by atoms with Crippen LogP contribution in [-0.2, 0) is 6.42 Å². The van der Waals surface area contributed by atoms with E-state index < -0.39 is 17.9 Å². The van der Waals surface area contributed by atoms with E-state index in [9.17, 15) is 19.8 Å². The molecule has 1 aliphatic carbocycles. The third-order valence-corrected chi connectivity index (χ3v) is 4.14. The zero-order valence-electron chi connectivity index (χ0n) is 12.7. The van der Waals surface area contributed by atoms with Gasteiger partial charge in [-0.15, -0.1) is 0 Å². The van der Waals surface area contributed by atoms with Crippen molar-refractivity contribution in [1.29, 1.82) is 0 Å². The van der Waals surface area contributed by atoms with Crippen LogP contribution in [0.4, 0.5) is 0 Å². The van der Waals surface area contributed by atoms with E-state index in [1.165, 1.54) is 18.2 Å². The Hall–Kier alpha value is -2.70. The topological polar surface area (TPSA) is 115 Å². The fraction of sp³-hybridized carbons (Fsp3) is 0.222. The quantitative estimate of drug-likeness (QED) is 0.426. The average molecular weight is 328 g/mol. The Balaban J connectivity index is 2.08. The number of aliphatic hydroxyl groups is 2. The minimum atomic E-state index is -1.46. The average Bonchev–Trinajstić information content (AvgIpc) is 2.55. The number of carbonyl (C=O) groups excluding carboxylic acids is 2. The highest BCUT2D eigenvalue weighted by atomic mass is 16.5. The summed E-state index contributed by atoms with van der Waals surface area (Å²) in [5.74, 6) is -1.74. The van der Waals surface area contributed by atoms with Crippen LogP contribution in [0.3, 0.4) is 0 Å². The number of phenolic OH excluding ortho intramolecular Hbond substituents is 2. The second-order valence-corrected chi connectivity index (χ2v) is 5.73. The number of aromatic hydroxyl groups is 2. The zero-order valence-corrected chi connectivity index (χ0v) is 12.7. The summed E-state index contributed by atoms with van der Waals surface area (Å²) in [7, 11) is 0. The maximum atomic E-state index is 12.7. The van der Waals surface area contributed by atoms with Crippen LogP contribution < -0.4 is 0 Å². The number of benzene rings is 2. The summed E-state index contributed by atoms with van der Waals surface area (Å²) in [6.45, 7) is 0. The lowest BCUT2D eigenvalue weighted by molar-refractivity contribution is -0.0461. The lowest BCUT2D eigenvalue weighted by atomic mass is 9.81. The largest absolute Gasteiger partial charge is 0.507 e. The highest BCUT2D eigenvalue weighted by Crippen LogP contribution is 2.40. The van der Waals surface area contributed by atoms with Crippen LogP contribution in [0.15, 0.2) is 30.3 Å². The van der Waals surface area contributed by atoms with Gasteiger partial charge in [0.25, 0.3) is 0 Å². The van der Waals surface area contributed by atoms with Crippen LogP contribution in [0.2, 0.25) is 0 Å². The summed E-state index contributed by atoms with van der Waals surface area (Å²) in [5, 5.41) is 38.4. The Bertz CT molecular complexity index is 838. The Morgan fingerprint density at radius 2 is 1.50 bits per heavy atom. The molecule has 0 heterocycles. The Kier molecular flexibility index (Phi) is 4.09. The maximum Gasteiger partial charge on any atom is 0.198 e. The molecule has 0 amide bonds. The van der Waals surface area contributed by atoms with Crippen molar-refractivity contribution >= 4 is 11.6 Å². The molecule has 124 valence electrons. The number of hydrogen-bond donors (Lipinski definition) is 4. The van der Waals surface area contributed by atoms with E-state index in [1.54, 1.807) is 12.1 Å². The molecule has 6 nitrogen and oxygen atoms in total. The Labute approximate surface area is 137 Å². The van der Waals surface area contributed by atoms with Gasteiger partial charge in [0.15, 0.2) is 17.9 Å². The summed E-state index contributed by atoms with van der Waals surface area (Å²) in [4.78, 5) is 25.2. The summed E-state index contributed by atoms with van der Waals surface area (Å²) >= 11 is 0. The van der Waals surface area contributed by atoms with Gasteiger partial charge in [0.1, 0.15) is 11.5 Å². The van der Waals surface area contributed by atoms with Crippen molar-refractivity contribution < 1.29 is 30.0 Å². The third kappa shape index (κ3) is 2.55. The summed E-state index contributed by atoms with van der Waals surface area (Å²) in [5.41, 5.74) is 0.279. The molecule has 0 radical (unpaired) electrons. The predicted molar refractivity (Wildman–Crippen MR) is 84.2 cm³/mol. The van der Waals surface area contributed by atoms with Crippen LogP contribution in [0.25, 0.3) is 0 Å². The summed E-state index contributed by atoms with van der Waals surface area (Å²) in [6, 6.07) is 7.51. The zero-order chi connectivity index (χ0) is 17.4. The van der Waals surface area contributed by atoms with E-state index in [4.69, 9.17) is 10.2 Å². The molecule has 3 rings (SSSR count). The van der Waals surface area contributed by atoms with E-state index in [2.05, 4.69) is 0 Å². The summed E-state index contributed by atoms with van der Waals surface area (Å²) in [6.07, 6.45) is -0.809. The predicted octanol–water partition coefficient (Wildman–Crippen LogP) is 1.51. The number of hydrogen-bond acceptors (Lipinski definition) is 6. The van der Waals surface area contributed by atoms with Gasteiger partial charge >= 0.3 is 0 Å². The van der Waals surface area contributed by atoms with E-state index in [-0.39, 0.29) is 52.2 Å². The molecule has 2 aromatic rings. The highest BCUT2D eigenvalue weighted by Gasteiger charge is 2.35. The molecule has 0 bridgehead atoms. The molecule has 6 heteroatoms. The van der Waals surface area contributed by atoms with Gasteiger partial charge in [-0.05, 0) is 30.9 Å². The molecular weight excluding hydrogens is 312 g/mol. The van der Waals surface area contributed by atoms with E-state index in [0.717, 1.165) is 0 Å². The number of fused-ring (bicyclic) bond motifs is 2. The minimum Gasteiger partial charge on any atom is -0.507 e. The first-order valence-corrected chi connectivity index (χ1v) is 7.54. The van der Waals surface area contributed by atoms with Crippen molar-refractivity contribution in [2.24, 2.45) is 0 Å². The van der Waals surface area contributed by atoms with Crippen molar-refractivity contribution in [3.8, 4) is 11.5 Å². The van der Waals surface area contributed by atoms with E-state index >= 15 is 0 Å². The SMILES string of the molecule is O=C1c2ccccc2C(=O)c2c(O)c(CCCC(O)O)cc(O)c21. The minimum absolute atomic E-state index is 0.0903. The van der Waals surface area contributed by atoms with Crippen LogP contribution in [0, 0.1) is 0 Å². The number of phenols is 2. The first-order chi connectivity index (χ1) is 11.4. The van der Waals surface area contributed by atoms with Crippen LogP contribution in [0.5, 0.6) is 11.5 Å². The molecule has 0 aliphatic heterocycles. The van der Waals surface area contributed by atoms with Crippen molar-refractivity contribution in [1.82, 2.24) is 0 Å². The van der Waals surface area contributed by atoms with Gasteiger partial charge in [0.2, 0.25) is 0 Å². The number of carbonyl (C=O) groups is 2. The Morgan fingerprint density at radius 3 is 2.08 bits per heavy atom. The number of aliphatic hydroxyl groups excluding tert-OH is 1. The number of ketones is 2. The molecule has 0 saturated carbocycles. The summed E-state index contributed by atoms with van der Waals surface area (Å²) < 4.78 is 0. The molecule has 0 aromatic heterocycles. The fourth-order valence-corrected chi connectivity index (χ4v) is 2.98. The lowest BCUT2D eigenvalue weighted by Crippen LogP contribution is -2.21. The maximum absolute atomic E-state index is 12.7. The van der Waals surface area contributed by atoms with Gasteiger partial charge in [0, 0.05) is 11.1 Å². The molecule has 2 aromatic carbocycles. The first kappa shape index (κ1) is 16.2. The smallest absolute Gasteiger partial charge is 0.198 e. The van der Waals surface area contributed by atoms with Crippen molar-refractivity contribution in [3.63, 3.8) is 0 Å². The number of rotatable bonds is 4. The van der Waals surface area contributed by atoms with Gasteiger partial charge in [0.05, 0.1) is 11.1 Å². The highest BCUT2D eigenvalue weighted by molar-refractivity contribution is 6.30. The molecule has 0 atom stereocenters. The molecule has 1 aliphatic rings. The first-order valence-electron chi connectivity index (χ1n) is 7.54. The molecule has 24 heavy (non-hydrogen) atoms. The molecule has 0 fully saturated rings. The van der Waals surface area contributed by atoms with Gasteiger partial charge in [-0.1, -0.05) is 24.3 Å². The van der Waals surface area contributed by atoms with Crippen molar-refractivity contribution in [2.45, 2.75) is 25.6 Å². The second-order valence-electron chi connectivity index (χ2n) is 5.73. The monoisotopic (exact) mass is 328 g/mol. The van der Waals surface area contributed by atoms with Gasteiger partial charge in [-0.3, -0.25) is 9.59 Å². The van der Waals surface area contributed by atoms with Crippen molar-refractivity contribution in [2.75, 3.05) is 0 Å². The van der Waals surface area contributed by atoms with Crippen molar-refractivity contribution in [3.05, 3.63) is 58.1 Å². The van der Waals surface area contributed by atoms with Gasteiger partial charge in [-0.25, -0.2) is 0 Å². The van der Waals surface area contributed by atoms with Gasteiger partial charge in [-0.2, -0.15) is 0 Å². The fourth-order valence-electron chi connectivity index (χ4n) is 2.98. The van der Waals surface area contributed by atoms with Gasteiger partial charge < -0.3 is 20.4 Å². The molecule has 0 spiro atoms. The second kappa shape index (κ2) is 6.07. The van der Waals surface area contributed by atoms with E-state index in [1.807, 2.05) is 0 Å². The van der Waals surface area contributed by atoms with E-state index in [0.29, 0.717) is 6.42 Å². The lowest BCUT2D eigenvalue weighted by Gasteiger charge is -2.21. The Morgan fingerprint density at radius 1 is 0.917 bits per heavy atom. The van der Waals surface area contributed by atoms with Crippen LogP contribution in [0.1, 0.15) is 50.2 Å². The standard InChI is InChI=1S/C18H16O6/c19-12-8-9(4-3-7-13(20)21)16(22)15-14(12)17(23)10-5-1-2-6-11(10)18(15)24/h1-2,5-6,8,13,19-22H,3-4,7H2. The number of aryl methyl sites for hydroxylation is 1. The normalized spacial score (nSPS) is 13.1. The molecule has 0 unspecified atom stereocenters. The van der Waals surface area contributed by atoms with Crippen LogP contribution >= 0.6 is 0 Å². The third-order valence-electron chi connectivity index (χ3n) is 4.14. The molecule has 4 N–H and O–H groups in total. The molecular formula is C18H16O6.